The molecule has 0 saturated carbocycles. The second-order valence-corrected chi connectivity index (χ2v) is 4.16. The van der Waals surface area contributed by atoms with Gasteiger partial charge in [-0.15, -0.1) is 5.10 Å². The second kappa shape index (κ2) is 5.24. The number of carbonyl (C=O) groups excluding carboxylic acids is 1. The molecule has 7 nitrogen and oxygen atoms in total. The molecule has 2 rings (SSSR count). The number of nitrogens with zero attached hydrogens (tertiary/aromatic N) is 4. The van der Waals surface area contributed by atoms with Crippen LogP contribution < -0.4 is 5.32 Å². The van der Waals surface area contributed by atoms with Crippen LogP contribution in [0.4, 0.5) is 0 Å². The first-order valence-electron chi connectivity index (χ1n) is 5.58. The minimum absolute atomic E-state index is 0.0517. The zero-order valence-corrected chi connectivity index (χ0v) is 10.1. The van der Waals surface area contributed by atoms with Gasteiger partial charge in [0.05, 0.1) is 18.8 Å². The van der Waals surface area contributed by atoms with Crippen molar-refractivity contribution in [3.8, 4) is 0 Å². The number of likely N-dealkylation sites (N-methyl/N-ethyl adjacent to an activating group) is 1. The van der Waals surface area contributed by atoms with Crippen LogP contribution in [-0.4, -0.2) is 53.0 Å². The highest BCUT2D eigenvalue weighted by atomic mass is 16.5. The van der Waals surface area contributed by atoms with Crippen molar-refractivity contribution in [2.24, 2.45) is 0 Å². The van der Waals surface area contributed by atoms with Gasteiger partial charge >= 0.3 is 0 Å². The summed E-state index contributed by atoms with van der Waals surface area (Å²) < 4.78 is 7.21. The number of hydrogen-bond donors (Lipinski definition) is 1. The Labute approximate surface area is 99.7 Å². The first kappa shape index (κ1) is 12.0. The van der Waals surface area contributed by atoms with Crippen LogP contribution in [0.1, 0.15) is 11.4 Å². The van der Waals surface area contributed by atoms with Gasteiger partial charge in [0.15, 0.2) is 0 Å². The molecule has 1 amide bonds. The van der Waals surface area contributed by atoms with Crippen molar-refractivity contribution >= 4 is 5.91 Å². The summed E-state index contributed by atoms with van der Waals surface area (Å²) in [6.07, 6.45) is 0. The number of nitrogens with one attached hydrogen (secondary N) is 1. The summed E-state index contributed by atoms with van der Waals surface area (Å²) >= 11 is 0. The molecule has 0 spiro atoms. The molecule has 0 aromatic carbocycles. The van der Waals surface area contributed by atoms with Gasteiger partial charge in [-0.25, -0.2) is 4.68 Å². The Balaban J connectivity index is 1.87. The van der Waals surface area contributed by atoms with Crippen molar-refractivity contribution < 1.29 is 9.53 Å². The Bertz CT molecular complexity index is 401. The molecule has 1 aliphatic heterocycles. The van der Waals surface area contributed by atoms with Crippen molar-refractivity contribution in [3.63, 3.8) is 0 Å². The van der Waals surface area contributed by atoms with Gasteiger partial charge in [0.25, 0.3) is 0 Å². The summed E-state index contributed by atoms with van der Waals surface area (Å²) in [5.41, 5.74) is 1.86. The summed E-state index contributed by atoms with van der Waals surface area (Å²) in [5, 5.41) is 11.4. The van der Waals surface area contributed by atoms with E-state index >= 15 is 0 Å². The highest BCUT2D eigenvalue weighted by Crippen LogP contribution is 2.09. The first-order valence-corrected chi connectivity index (χ1v) is 5.58. The first-order chi connectivity index (χ1) is 8.18. The molecule has 0 unspecified atom stereocenters. The van der Waals surface area contributed by atoms with E-state index in [2.05, 4.69) is 15.6 Å². The third-order valence-corrected chi connectivity index (χ3v) is 2.67. The fourth-order valence-electron chi connectivity index (χ4n) is 1.61. The number of fused-ring (bicyclic) bond motifs is 1. The summed E-state index contributed by atoms with van der Waals surface area (Å²) in [6.45, 7) is 2.91. The van der Waals surface area contributed by atoms with Crippen LogP contribution in [0.15, 0.2) is 0 Å². The predicted octanol–water partition coefficient (Wildman–Crippen LogP) is -1.01. The van der Waals surface area contributed by atoms with Crippen molar-refractivity contribution in [1.29, 1.82) is 0 Å². The Morgan fingerprint density at radius 3 is 3.18 bits per heavy atom. The molecule has 0 saturated heterocycles. The van der Waals surface area contributed by atoms with Crippen LogP contribution in [0, 0.1) is 0 Å². The van der Waals surface area contributed by atoms with E-state index in [9.17, 15) is 4.79 Å². The monoisotopic (exact) mass is 239 g/mol. The SMILES string of the molecule is CN(C)C(=O)COCc1nnn2c1CNCC2. The number of carbonyl (C=O) groups is 1. The predicted molar refractivity (Wildman–Crippen MR) is 60.1 cm³/mol. The maximum absolute atomic E-state index is 11.3. The molecule has 2 heterocycles. The highest BCUT2D eigenvalue weighted by molar-refractivity contribution is 5.76. The van der Waals surface area contributed by atoms with Crippen LogP contribution in [0.3, 0.4) is 0 Å². The largest absolute Gasteiger partial charge is 0.365 e. The number of aromatic nitrogens is 3. The highest BCUT2D eigenvalue weighted by Gasteiger charge is 2.16. The zero-order chi connectivity index (χ0) is 12.3. The third-order valence-electron chi connectivity index (χ3n) is 2.67. The van der Waals surface area contributed by atoms with E-state index in [1.54, 1.807) is 14.1 Å². The van der Waals surface area contributed by atoms with Gasteiger partial charge in [-0.3, -0.25) is 4.79 Å². The van der Waals surface area contributed by atoms with Gasteiger partial charge in [-0.1, -0.05) is 5.21 Å². The molecule has 0 bridgehead atoms. The van der Waals surface area contributed by atoms with Gasteiger partial charge in [-0.05, 0) is 0 Å². The Morgan fingerprint density at radius 1 is 1.59 bits per heavy atom. The molecule has 0 aliphatic carbocycles. The average Bonchev–Trinajstić information content (AvgIpc) is 2.72. The van der Waals surface area contributed by atoms with E-state index in [0.29, 0.717) is 6.61 Å². The fraction of sp³-hybridized carbons (Fsp3) is 0.700. The normalized spacial score (nSPS) is 14.5. The molecule has 1 N–H and O–H groups in total. The van der Waals surface area contributed by atoms with Gasteiger partial charge in [-0.2, -0.15) is 0 Å². The average molecular weight is 239 g/mol. The number of hydrogen-bond acceptors (Lipinski definition) is 5. The molecule has 17 heavy (non-hydrogen) atoms. The van der Waals surface area contributed by atoms with Gasteiger partial charge in [0, 0.05) is 27.2 Å². The quantitative estimate of drug-likeness (QED) is 0.728. The van der Waals surface area contributed by atoms with Gasteiger partial charge in [0.2, 0.25) is 5.91 Å². The summed E-state index contributed by atoms with van der Waals surface area (Å²) in [4.78, 5) is 12.8. The summed E-state index contributed by atoms with van der Waals surface area (Å²) in [6, 6.07) is 0. The smallest absolute Gasteiger partial charge is 0.248 e. The maximum Gasteiger partial charge on any atom is 0.248 e. The van der Waals surface area contributed by atoms with Gasteiger partial charge in [0.1, 0.15) is 12.3 Å². The molecule has 1 aromatic heterocycles. The van der Waals surface area contributed by atoms with E-state index in [0.717, 1.165) is 31.0 Å². The maximum atomic E-state index is 11.3. The van der Waals surface area contributed by atoms with Crippen LogP contribution in [-0.2, 0) is 29.2 Å². The van der Waals surface area contributed by atoms with E-state index in [1.165, 1.54) is 4.90 Å². The minimum atomic E-state index is -0.0517. The topological polar surface area (TPSA) is 72.3 Å². The molecular formula is C10H17N5O2. The molecule has 1 aromatic rings. The zero-order valence-electron chi connectivity index (χ0n) is 10.1. The van der Waals surface area contributed by atoms with Crippen LogP contribution in [0.25, 0.3) is 0 Å². The van der Waals surface area contributed by atoms with Gasteiger partial charge < -0.3 is 15.0 Å². The van der Waals surface area contributed by atoms with E-state index in [1.807, 2.05) is 4.68 Å². The lowest BCUT2D eigenvalue weighted by Gasteiger charge is -2.15. The molecule has 0 radical (unpaired) electrons. The second-order valence-electron chi connectivity index (χ2n) is 4.16. The van der Waals surface area contributed by atoms with Crippen LogP contribution in [0.2, 0.25) is 0 Å². The van der Waals surface area contributed by atoms with E-state index in [-0.39, 0.29) is 12.5 Å². The number of ether oxygens (including phenoxy) is 1. The fourth-order valence-corrected chi connectivity index (χ4v) is 1.61. The Kier molecular flexibility index (Phi) is 3.70. The standard InChI is InChI=1S/C10H17N5O2/c1-14(2)10(16)7-17-6-8-9-5-11-3-4-15(9)13-12-8/h11H,3-7H2,1-2H3. The number of amides is 1. The molecule has 94 valence electrons. The minimum Gasteiger partial charge on any atom is -0.365 e. The lowest BCUT2D eigenvalue weighted by Crippen LogP contribution is -2.29. The number of rotatable bonds is 4. The summed E-state index contributed by atoms with van der Waals surface area (Å²) in [7, 11) is 3.41. The van der Waals surface area contributed by atoms with E-state index < -0.39 is 0 Å². The summed E-state index contributed by atoms with van der Waals surface area (Å²) in [5.74, 6) is -0.0517. The molecule has 0 fully saturated rings. The van der Waals surface area contributed by atoms with Crippen molar-refractivity contribution in [1.82, 2.24) is 25.2 Å². The molecule has 0 atom stereocenters. The van der Waals surface area contributed by atoms with Crippen molar-refractivity contribution in [3.05, 3.63) is 11.4 Å². The van der Waals surface area contributed by atoms with Crippen molar-refractivity contribution in [2.45, 2.75) is 19.7 Å². The molecule has 1 aliphatic rings. The Hall–Kier alpha value is -1.47. The molecular weight excluding hydrogens is 222 g/mol. The van der Waals surface area contributed by atoms with E-state index in [4.69, 9.17) is 4.74 Å². The molecule has 7 heteroatoms. The van der Waals surface area contributed by atoms with Crippen LogP contribution in [0.5, 0.6) is 0 Å². The Morgan fingerprint density at radius 2 is 2.41 bits per heavy atom. The third kappa shape index (κ3) is 2.80. The van der Waals surface area contributed by atoms with Crippen molar-refractivity contribution in [2.75, 3.05) is 27.2 Å². The lowest BCUT2D eigenvalue weighted by atomic mass is 10.3. The lowest BCUT2D eigenvalue weighted by molar-refractivity contribution is -0.134. The van der Waals surface area contributed by atoms with Crippen LogP contribution >= 0.6 is 0 Å².